The van der Waals surface area contributed by atoms with E-state index in [9.17, 15) is 0 Å². The Kier molecular flexibility index (Phi) is 15.7. The fraction of sp³-hybridized carbons (Fsp3) is 1.00. The summed E-state index contributed by atoms with van der Waals surface area (Å²) >= 11 is 0. The summed E-state index contributed by atoms with van der Waals surface area (Å²) in [5.74, 6) is 0. The maximum absolute atomic E-state index is 4.82. The van der Waals surface area contributed by atoms with Crippen molar-refractivity contribution in [1.29, 1.82) is 0 Å². The minimum Gasteiger partial charge on any atom is -0.668 e. The molecule has 3 nitrogen and oxygen atoms in total. The zero-order chi connectivity index (χ0) is 17.3. The summed E-state index contributed by atoms with van der Waals surface area (Å²) in [7, 11) is -3.36. The van der Waals surface area contributed by atoms with Crippen LogP contribution in [0.1, 0.15) is 13.8 Å². The van der Waals surface area contributed by atoms with Gasteiger partial charge in [-0.25, -0.2) is 0 Å². The molecule has 0 radical (unpaired) electrons. The topological polar surface area (TPSA) is 31.4 Å². The second-order valence-electron chi connectivity index (χ2n) is 8.53. The normalized spacial score (nSPS) is 12.5. The molecular weight excluding hydrogens is 365 g/mol. The van der Waals surface area contributed by atoms with Crippen LogP contribution in [-0.4, -0.2) is 55.8 Å². The van der Waals surface area contributed by atoms with Crippen LogP contribution in [0.5, 0.6) is 0 Å². The number of hydrogen-bond donors (Lipinski definition) is 0. The van der Waals surface area contributed by atoms with Crippen molar-refractivity contribution < 1.29 is 16.8 Å². The fourth-order valence-corrected chi connectivity index (χ4v) is 10.9. The molecule has 0 aromatic carbocycles. The number of rotatable bonds is 8. The molecule has 0 N–H and O–H groups in total. The Morgan fingerprint density at radius 2 is 1.05 bits per heavy atom. The molecule has 0 aliphatic carbocycles. The molecule has 0 fully saturated rings. The van der Waals surface area contributed by atoms with Gasteiger partial charge in [-0.3, -0.25) is 0 Å². The van der Waals surface area contributed by atoms with E-state index in [1.807, 2.05) is 0 Å². The van der Waals surface area contributed by atoms with E-state index in [0.717, 1.165) is 26.2 Å². The molecule has 22 heavy (non-hydrogen) atoms. The van der Waals surface area contributed by atoms with Gasteiger partial charge >= 0.3 is 16.8 Å². The van der Waals surface area contributed by atoms with E-state index < -0.39 is 24.7 Å². The van der Waals surface area contributed by atoms with Crippen molar-refractivity contribution in [3.05, 3.63) is 9.63 Å². The summed E-state index contributed by atoms with van der Waals surface area (Å²) < 4.78 is 4.82. The molecule has 0 heterocycles. The van der Waals surface area contributed by atoms with Crippen molar-refractivity contribution in [3.63, 3.8) is 0 Å². The third-order valence-electron chi connectivity index (χ3n) is 2.57. The average Bonchev–Trinajstić information content (AvgIpc) is 2.18. The molecular formula is C15H41CoN3Si3+. The summed E-state index contributed by atoms with van der Waals surface area (Å²) in [5.41, 5.74) is 0. The van der Waals surface area contributed by atoms with Gasteiger partial charge in [0.15, 0.2) is 0 Å². The summed E-state index contributed by atoms with van der Waals surface area (Å²) in [6.07, 6.45) is 0. The van der Waals surface area contributed by atoms with Crippen LogP contribution in [0, 0.1) is 0 Å². The predicted octanol–water partition coefficient (Wildman–Crippen LogP) is 5.56. The van der Waals surface area contributed by atoms with Gasteiger partial charge in [-0.05, 0) is 19.6 Å². The van der Waals surface area contributed by atoms with Crippen molar-refractivity contribution in [1.82, 2.24) is 4.90 Å². The molecule has 0 saturated carbocycles. The third kappa shape index (κ3) is 26.0. The van der Waals surface area contributed by atoms with Crippen molar-refractivity contribution in [3.8, 4) is 0 Å². The monoisotopic (exact) mass is 406 g/mol. The van der Waals surface area contributed by atoms with Gasteiger partial charge in [0, 0.05) is 0 Å². The van der Waals surface area contributed by atoms with Crippen molar-refractivity contribution in [2.24, 2.45) is 0 Å². The summed E-state index contributed by atoms with van der Waals surface area (Å²) in [6, 6.07) is 0. The second kappa shape index (κ2) is 12.4. The first-order valence-corrected chi connectivity index (χ1v) is 18.7. The van der Waals surface area contributed by atoms with E-state index in [1.165, 1.54) is 0 Å². The predicted molar refractivity (Wildman–Crippen MR) is 109 cm³/mol. The van der Waals surface area contributed by atoms with Gasteiger partial charge in [0.25, 0.3) is 0 Å². The molecule has 0 bridgehead atoms. The van der Waals surface area contributed by atoms with E-state index >= 15 is 0 Å². The number of hydrogen-bond acceptors (Lipinski definition) is 1. The molecule has 0 aliphatic rings. The zero-order valence-electron chi connectivity index (χ0n) is 17.0. The van der Waals surface area contributed by atoms with Crippen molar-refractivity contribution in [2.75, 3.05) is 26.2 Å². The Bertz CT molecular complexity index is 242. The molecule has 136 valence electrons. The van der Waals surface area contributed by atoms with Gasteiger partial charge < -0.3 is 14.5 Å². The summed E-state index contributed by atoms with van der Waals surface area (Å²) in [5, 5.41) is 0. The van der Waals surface area contributed by atoms with Gasteiger partial charge in [0.2, 0.25) is 0 Å². The van der Waals surface area contributed by atoms with Crippen LogP contribution in [0.15, 0.2) is 0 Å². The van der Waals surface area contributed by atoms with E-state index in [4.69, 9.17) is 4.65 Å². The first-order valence-electron chi connectivity index (χ1n) is 8.35. The van der Waals surface area contributed by atoms with Gasteiger partial charge in [-0.2, -0.15) is 0 Å². The third-order valence-corrected chi connectivity index (χ3v) is 9.11. The largest absolute Gasteiger partial charge is 3.00 e. The SMILES string of the molecule is CCN(CC)CC[N-][Si](C)(C)C.C[Si](C)(C)[N-][Si](C)(C)C.[Co+3]. The van der Waals surface area contributed by atoms with Crippen LogP contribution in [-0.2, 0) is 16.8 Å². The summed E-state index contributed by atoms with van der Waals surface area (Å²) in [6.45, 7) is 29.5. The van der Waals surface area contributed by atoms with Gasteiger partial charge in [0.05, 0.1) is 0 Å². The second-order valence-corrected chi connectivity index (χ2v) is 22.8. The standard InChI is InChI=1S/C9H23N2Si.C6H18NSi2.Co/c1-6-11(7-2)9-8-10-12(3,4)5;1-8(2,3)7-9(4,5)6;/h6-9H2,1-5H3;1-6H3;/q2*-1;+3. The van der Waals surface area contributed by atoms with Crippen molar-refractivity contribution in [2.45, 2.75) is 72.8 Å². The van der Waals surface area contributed by atoms with Crippen LogP contribution in [0.4, 0.5) is 0 Å². The Labute approximate surface area is 154 Å². The molecule has 0 rings (SSSR count). The quantitative estimate of drug-likeness (QED) is 0.485. The van der Waals surface area contributed by atoms with Gasteiger partial charge in [0.1, 0.15) is 0 Å². The molecule has 0 atom stereocenters. The van der Waals surface area contributed by atoms with Crippen LogP contribution >= 0.6 is 0 Å². The van der Waals surface area contributed by atoms with Crippen LogP contribution in [0.25, 0.3) is 9.63 Å². The maximum Gasteiger partial charge on any atom is 3.00 e. The average molecular weight is 407 g/mol. The number of likely N-dealkylation sites (N-methyl/N-ethyl adjacent to an activating group) is 1. The van der Waals surface area contributed by atoms with Gasteiger partial charge in [-0.1, -0.05) is 97.5 Å². The molecule has 7 heteroatoms. The minimum atomic E-state index is -1.15. The van der Waals surface area contributed by atoms with Crippen LogP contribution in [0.2, 0.25) is 58.9 Å². The molecule has 0 aromatic heterocycles. The smallest absolute Gasteiger partial charge is 0.668 e. The van der Waals surface area contributed by atoms with Crippen LogP contribution in [0.3, 0.4) is 0 Å². The van der Waals surface area contributed by atoms with Crippen molar-refractivity contribution >= 4 is 24.7 Å². The van der Waals surface area contributed by atoms with E-state index in [0.29, 0.717) is 0 Å². The van der Waals surface area contributed by atoms with Gasteiger partial charge in [-0.15, -0.1) is 6.54 Å². The fourth-order valence-electron chi connectivity index (χ4n) is 2.07. The van der Waals surface area contributed by atoms with E-state index in [2.05, 4.69) is 82.7 Å². The Hall–Kier alpha value is 1.04. The first-order chi connectivity index (χ1) is 9.20. The molecule has 0 aromatic rings. The zero-order valence-corrected chi connectivity index (χ0v) is 21.0. The minimum absolute atomic E-state index is 0. The van der Waals surface area contributed by atoms with Crippen LogP contribution < -0.4 is 0 Å². The van der Waals surface area contributed by atoms with E-state index in [1.54, 1.807) is 0 Å². The first kappa shape index (κ1) is 27.9. The van der Waals surface area contributed by atoms with E-state index in [-0.39, 0.29) is 16.8 Å². The Balaban J connectivity index is -0.000000326. The number of nitrogens with zero attached hydrogens (tertiary/aromatic N) is 3. The molecule has 0 amide bonds. The molecule has 0 aliphatic heterocycles. The maximum atomic E-state index is 4.82. The summed E-state index contributed by atoms with van der Waals surface area (Å²) in [4.78, 5) is 7.11. The Morgan fingerprint density at radius 3 is 1.23 bits per heavy atom. The Morgan fingerprint density at radius 1 is 0.682 bits per heavy atom. The molecule has 0 unspecified atom stereocenters. The molecule has 0 saturated heterocycles. The molecule has 0 spiro atoms.